The van der Waals surface area contributed by atoms with Crippen LogP contribution in [0.2, 0.25) is 5.02 Å². The topological polar surface area (TPSA) is 38.1 Å². The second kappa shape index (κ2) is 5.55. The molecule has 0 saturated carbocycles. The van der Waals surface area contributed by atoms with Gasteiger partial charge in [0, 0.05) is 18.7 Å². The molecule has 4 heteroatoms. The zero-order valence-electron chi connectivity index (χ0n) is 11.2. The van der Waals surface area contributed by atoms with E-state index in [1.54, 1.807) is 0 Å². The maximum absolute atomic E-state index is 6.07. The fraction of sp³-hybridized carbons (Fsp3) is 0.188. The molecule has 1 N–H and O–H groups in total. The maximum atomic E-state index is 6.07. The summed E-state index contributed by atoms with van der Waals surface area (Å²) in [5.41, 5.74) is 3.83. The quantitative estimate of drug-likeness (QED) is 0.770. The minimum atomic E-state index is 0.604. The Bertz CT molecular complexity index is 719. The number of para-hydroxylation sites is 1. The Kier molecular flexibility index (Phi) is 3.61. The van der Waals surface area contributed by atoms with E-state index in [-0.39, 0.29) is 0 Å². The van der Waals surface area contributed by atoms with Crippen LogP contribution in [0.4, 0.5) is 5.69 Å². The van der Waals surface area contributed by atoms with Crippen LogP contribution in [0.3, 0.4) is 0 Å². The summed E-state index contributed by atoms with van der Waals surface area (Å²) in [7, 11) is 0. The third-order valence-corrected chi connectivity index (χ3v) is 3.43. The molecular weight excluding hydrogens is 272 g/mol. The lowest BCUT2D eigenvalue weighted by atomic mass is 10.2. The van der Waals surface area contributed by atoms with Gasteiger partial charge in [0.2, 0.25) is 0 Å². The van der Waals surface area contributed by atoms with Crippen LogP contribution in [0, 0.1) is 6.92 Å². The van der Waals surface area contributed by atoms with Crippen molar-refractivity contribution in [2.45, 2.75) is 13.3 Å². The fourth-order valence-corrected chi connectivity index (χ4v) is 2.26. The number of rotatable bonds is 4. The fourth-order valence-electron chi connectivity index (χ4n) is 2.05. The van der Waals surface area contributed by atoms with Gasteiger partial charge in [0.05, 0.1) is 5.02 Å². The van der Waals surface area contributed by atoms with Crippen molar-refractivity contribution in [3.63, 3.8) is 0 Å². The molecule has 0 atom stereocenters. The first-order valence-corrected chi connectivity index (χ1v) is 6.94. The molecule has 0 aliphatic carbocycles. The number of nitrogens with zero attached hydrogens (tertiary/aromatic N) is 1. The average molecular weight is 287 g/mol. The van der Waals surface area contributed by atoms with Gasteiger partial charge in [0.1, 0.15) is 5.52 Å². The highest BCUT2D eigenvalue weighted by atomic mass is 35.5. The number of oxazole rings is 1. The van der Waals surface area contributed by atoms with Crippen molar-refractivity contribution in [1.29, 1.82) is 0 Å². The molecule has 0 saturated heterocycles. The van der Waals surface area contributed by atoms with Gasteiger partial charge in [-0.2, -0.15) is 0 Å². The lowest BCUT2D eigenvalue weighted by molar-refractivity contribution is 0.534. The highest BCUT2D eigenvalue weighted by Gasteiger charge is 2.08. The Morgan fingerprint density at radius 3 is 2.70 bits per heavy atom. The highest BCUT2D eigenvalue weighted by Crippen LogP contribution is 2.24. The molecule has 0 unspecified atom stereocenters. The summed E-state index contributed by atoms with van der Waals surface area (Å²) < 4.78 is 5.67. The maximum Gasteiger partial charge on any atom is 0.197 e. The average Bonchev–Trinajstić information content (AvgIpc) is 2.85. The Balaban J connectivity index is 1.65. The van der Waals surface area contributed by atoms with Crippen LogP contribution in [0.5, 0.6) is 0 Å². The van der Waals surface area contributed by atoms with Crippen LogP contribution >= 0.6 is 11.6 Å². The SMILES string of the molecule is Cc1ccc(NCCc2nc3cccc(Cl)c3o2)cc1. The van der Waals surface area contributed by atoms with Crippen LogP contribution in [0.1, 0.15) is 11.5 Å². The molecule has 0 radical (unpaired) electrons. The van der Waals surface area contributed by atoms with Crippen molar-refractivity contribution in [3.8, 4) is 0 Å². The largest absolute Gasteiger partial charge is 0.439 e. The Morgan fingerprint density at radius 1 is 1.15 bits per heavy atom. The number of aryl methyl sites for hydroxylation is 1. The van der Waals surface area contributed by atoms with Gasteiger partial charge in [0.25, 0.3) is 0 Å². The molecule has 20 heavy (non-hydrogen) atoms. The molecule has 0 fully saturated rings. The first-order valence-electron chi connectivity index (χ1n) is 6.57. The number of hydrogen-bond donors (Lipinski definition) is 1. The minimum absolute atomic E-state index is 0.604. The van der Waals surface area contributed by atoms with Crippen molar-refractivity contribution in [2.24, 2.45) is 0 Å². The molecule has 0 aliphatic heterocycles. The van der Waals surface area contributed by atoms with E-state index in [1.165, 1.54) is 5.56 Å². The molecule has 1 aromatic heterocycles. The predicted molar refractivity (Wildman–Crippen MR) is 82.4 cm³/mol. The number of aromatic nitrogens is 1. The van der Waals surface area contributed by atoms with E-state index in [1.807, 2.05) is 18.2 Å². The van der Waals surface area contributed by atoms with Gasteiger partial charge in [0.15, 0.2) is 11.5 Å². The molecule has 3 aromatic rings. The van der Waals surface area contributed by atoms with E-state index in [0.717, 1.165) is 24.2 Å². The summed E-state index contributed by atoms with van der Waals surface area (Å²) >= 11 is 6.07. The Labute approximate surface area is 122 Å². The monoisotopic (exact) mass is 286 g/mol. The van der Waals surface area contributed by atoms with Crippen molar-refractivity contribution in [2.75, 3.05) is 11.9 Å². The molecule has 102 valence electrons. The van der Waals surface area contributed by atoms with Crippen LogP contribution < -0.4 is 5.32 Å². The van der Waals surface area contributed by atoms with Crippen molar-refractivity contribution < 1.29 is 4.42 Å². The van der Waals surface area contributed by atoms with Crippen LogP contribution in [0.15, 0.2) is 46.9 Å². The summed E-state index contributed by atoms with van der Waals surface area (Å²) in [6, 6.07) is 13.9. The van der Waals surface area contributed by atoms with Gasteiger partial charge in [-0.1, -0.05) is 35.4 Å². The minimum Gasteiger partial charge on any atom is -0.439 e. The van der Waals surface area contributed by atoms with E-state index < -0.39 is 0 Å². The predicted octanol–water partition coefficient (Wildman–Crippen LogP) is 4.44. The number of hydrogen-bond acceptors (Lipinski definition) is 3. The van der Waals surface area contributed by atoms with Crippen LogP contribution in [0.25, 0.3) is 11.1 Å². The van der Waals surface area contributed by atoms with Crippen molar-refractivity contribution in [3.05, 3.63) is 58.9 Å². The van der Waals surface area contributed by atoms with Gasteiger partial charge in [-0.15, -0.1) is 0 Å². The number of nitrogens with one attached hydrogen (secondary N) is 1. The lowest BCUT2D eigenvalue weighted by Crippen LogP contribution is -2.04. The summed E-state index contributed by atoms with van der Waals surface area (Å²) in [4.78, 5) is 4.43. The van der Waals surface area contributed by atoms with Gasteiger partial charge < -0.3 is 9.73 Å². The van der Waals surface area contributed by atoms with Gasteiger partial charge in [-0.3, -0.25) is 0 Å². The first-order chi connectivity index (χ1) is 9.72. The Morgan fingerprint density at radius 2 is 1.95 bits per heavy atom. The molecule has 2 aromatic carbocycles. The zero-order valence-corrected chi connectivity index (χ0v) is 11.9. The normalized spacial score (nSPS) is 10.9. The molecule has 3 nitrogen and oxygen atoms in total. The zero-order chi connectivity index (χ0) is 13.9. The molecule has 0 spiro atoms. The van der Waals surface area contributed by atoms with Gasteiger partial charge in [-0.05, 0) is 31.2 Å². The molecule has 0 bridgehead atoms. The summed E-state index contributed by atoms with van der Waals surface area (Å²) in [5, 5.41) is 3.95. The number of halogens is 1. The van der Waals surface area contributed by atoms with Crippen molar-refractivity contribution in [1.82, 2.24) is 4.98 Å². The molecule has 3 rings (SSSR count). The molecular formula is C16H15ClN2O. The van der Waals surface area contributed by atoms with E-state index in [9.17, 15) is 0 Å². The third-order valence-electron chi connectivity index (χ3n) is 3.13. The van der Waals surface area contributed by atoms with E-state index in [0.29, 0.717) is 16.5 Å². The van der Waals surface area contributed by atoms with Crippen LogP contribution in [-0.2, 0) is 6.42 Å². The second-order valence-corrected chi connectivity index (χ2v) is 5.15. The van der Waals surface area contributed by atoms with Crippen molar-refractivity contribution >= 4 is 28.4 Å². The van der Waals surface area contributed by atoms with E-state index in [4.69, 9.17) is 16.0 Å². The van der Waals surface area contributed by atoms with Gasteiger partial charge >= 0.3 is 0 Å². The van der Waals surface area contributed by atoms with Crippen LogP contribution in [-0.4, -0.2) is 11.5 Å². The van der Waals surface area contributed by atoms with Gasteiger partial charge in [-0.25, -0.2) is 4.98 Å². The standard InChI is InChI=1S/C16H15ClN2O/c1-11-5-7-12(8-6-11)18-10-9-15-19-14-4-2-3-13(17)16(14)20-15/h2-8,18H,9-10H2,1H3. The Hall–Kier alpha value is -2.00. The highest BCUT2D eigenvalue weighted by molar-refractivity contribution is 6.34. The number of anilines is 1. The summed E-state index contributed by atoms with van der Waals surface area (Å²) in [5.74, 6) is 0.702. The molecule has 0 aliphatic rings. The third kappa shape index (κ3) is 2.78. The van der Waals surface area contributed by atoms with E-state index in [2.05, 4.69) is 41.5 Å². The number of fused-ring (bicyclic) bond motifs is 1. The first kappa shape index (κ1) is 13.0. The lowest BCUT2D eigenvalue weighted by Gasteiger charge is -2.04. The summed E-state index contributed by atoms with van der Waals surface area (Å²) in [6.07, 6.45) is 0.721. The second-order valence-electron chi connectivity index (χ2n) is 4.74. The smallest absolute Gasteiger partial charge is 0.197 e. The summed E-state index contributed by atoms with van der Waals surface area (Å²) in [6.45, 7) is 2.85. The number of benzene rings is 2. The molecule has 1 heterocycles. The molecule has 0 amide bonds. The van der Waals surface area contributed by atoms with E-state index >= 15 is 0 Å².